The van der Waals surface area contributed by atoms with Gasteiger partial charge < -0.3 is 5.11 Å². The van der Waals surface area contributed by atoms with Crippen LogP contribution in [0.5, 0.6) is 0 Å². The number of rotatable bonds is 3. The lowest BCUT2D eigenvalue weighted by molar-refractivity contribution is 0.280. The van der Waals surface area contributed by atoms with Crippen LogP contribution in [0.2, 0.25) is 0 Å². The highest BCUT2D eigenvalue weighted by Gasteiger charge is 2.18. The molecule has 4 nitrogen and oxygen atoms in total. The van der Waals surface area contributed by atoms with Crippen LogP contribution in [-0.2, 0) is 23.0 Å². The van der Waals surface area contributed by atoms with E-state index in [2.05, 4.69) is 4.90 Å². The fraction of sp³-hybridized carbons (Fsp3) is 0.538. The predicted octanol–water partition coefficient (Wildman–Crippen LogP) is 0.799. The number of sulfone groups is 1. The molecule has 1 aromatic carbocycles. The third-order valence-electron chi connectivity index (χ3n) is 3.26. The van der Waals surface area contributed by atoms with Crippen molar-refractivity contribution in [3.8, 4) is 0 Å². The second-order valence-electron chi connectivity index (χ2n) is 4.76. The van der Waals surface area contributed by atoms with E-state index in [9.17, 15) is 8.42 Å². The molecule has 1 aliphatic heterocycles. The molecule has 1 saturated heterocycles. The van der Waals surface area contributed by atoms with Crippen molar-refractivity contribution < 1.29 is 13.5 Å². The largest absolute Gasteiger partial charge is 0.392 e. The molecule has 1 N–H and O–H groups in total. The lowest BCUT2D eigenvalue weighted by Gasteiger charge is -2.19. The Morgan fingerprint density at radius 2 is 1.72 bits per heavy atom. The van der Waals surface area contributed by atoms with E-state index in [0.29, 0.717) is 12.3 Å². The molecule has 5 heteroatoms. The Morgan fingerprint density at radius 3 is 2.39 bits per heavy atom. The predicted molar refractivity (Wildman–Crippen MR) is 70.9 cm³/mol. The molecule has 0 bridgehead atoms. The van der Waals surface area contributed by atoms with Gasteiger partial charge in [-0.1, -0.05) is 24.3 Å². The highest BCUT2D eigenvalue weighted by Crippen LogP contribution is 2.11. The lowest BCUT2D eigenvalue weighted by Crippen LogP contribution is -2.26. The van der Waals surface area contributed by atoms with Gasteiger partial charge in [-0.3, -0.25) is 4.90 Å². The van der Waals surface area contributed by atoms with Crippen molar-refractivity contribution in [2.24, 2.45) is 0 Å². The molecule has 0 saturated carbocycles. The fourth-order valence-corrected chi connectivity index (χ4v) is 3.47. The topological polar surface area (TPSA) is 57.6 Å². The highest BCUT2D eigenvalue weighted by atomic mass is 32.2. The van der Waals surface area contributed by atoms with Gasteiger partial charge in [0.05, 0.1) is 18.1 Å². The Morgan fingerprint density at radius 1 is 1.06 bits per heavy atom. The van der Waals surface area contributed by atoms with Crippen molar-refractivity contribution in [2.75, 3.05) is 24.6 Å². The van der Waals surface area contributed by atoms with Crippen molar-refractivity contribution in [1.82, 2.24) is 4.90 Å². The van der Waals surface area contributed by atoms with Gasteiger partial charge in [-0.15, -0.1) is 0 Å². The van der Waals surface area contributed by atoms with E-state index in [4.69, 9.17) is 5.11 Å². The number of aliphatic hydroxyl groups is 1. The van der Waals surface area contributed by atoms with Crippen LogP contribution in [0, 0.1) is 0 Å². The van der Waals surface area contributed by atoms with Crippen LogP contribution >= 0.6 is 0 Å². The Kier molecular flexibility index (Phi) is 4.37. The molecule has 0 aliphatic carbocycles. The molecular weight excluding hydrogens is 250 g/mol. The summed E-state index contributed by atoms with van der Waals surface area (Å²) in [7, 11) is -2.83. The number of aliphatic hydroxyl groups excluding tert-OH is 1. The highest BCUT2D eigenvalue weighted by molar-refractivity contribution is 7.91. The Bertz CT molecular complexity index is 481. The van der Waals surface area contributed by atoms with E-state index in [1.807, 2.05) is 24.3 Å². The molecule has 0 amide bonds. The first-order valence-electron chi connectivity index (χ1n) is 6.20. The maximum absolute atomic E-state index is 11.5. The third kappa shape index (κ3) is 3.80. The first-order valence-corrected chi connectivity index (χ1v) is 8.03. The van der Waals surface area contributed by atoms with E-state index < -0.39 is 9.84 Å². The summed E-state index contributed by atoms with van der Waals surface area (Å²) < 4.78 is 23.0. The molecule has 1 heterocycles. The van der Waals surface area contributed by atoms with Gasteiger partial charge >= 0.3 is 0 Å². The minimum Gasteiger partial charge on any atom is -0.392 e. The summed E-state index contributed by atoms with van der Waals surface area (Å²) in [6.07, 6.45) is 0.719. The van der Waals surface area contributed by atoms with Gasteiger partial charge in [0.1, 0.15) is 0 Å². The van der Waals surface area contributed by atoms with Gasteiger partial charge in [-0.25, -0.2) is 8.42 Å². The van der Waals surface area contributed by atoms with E-state index in [1.54, 1.807) is 0 Å². The van der Waals surface area contributed by atoms with Crippen molar-refractivity contribution in [2.45, 2.75) is 19.6 Å². The van der Waals surface area contributed by atoms with Crippen LogP contribution < -0.4 is 0 Å². The van der Waals surface area contributed by atoms with Gasteiger partial charge in [0.25, 0.3) is 0 Å². The normalized spacial score (nSPS) is 20.5. The molecule has 1 fully saturated rings. The summed E-state index contributed by atoms with van der Waals surface area (Å²) >= 11 is 0. The monoisotopic (exact) mass is 269 g/mol. The van der Waals surface area contributed by atoms with Crippen molar-refractivity contribution in [3.63, 3.8) is 0 Å². The maximum atomic E-state index is 11.5. The number of hydrogen-bond acceptors (Lipinski definition) is 4. The minimum atomic E-state index is -2.83. The first-order chi connectivity index (χ1) is 8.59. The Balaban J connectivity index is 1.96. The fourth-order valence-electron chi connectivity index (χ4n) is 2.16. The van der Waals surface area contributed by atoms with Crippen molar-refractivity contribution in [1.29, 1.82) is 0 Å². The lowest BCUT2D eigenvalue weighted by atomic mass is 10.1. The summed E-state index contributed by atoms with van der Waals surface area (Å²) in [5.41, 5.74) is 2.06. The molecule has 1 aliphatic rings. The van der Waals surface area contributed by atoms with Crippen LogP contribution in [0.4, 0.5) is 0 Å². The molecule has 1 aromatic rings. The van der Waals surface area contributed by atoms with Crippen molar-refractivity contribution >= 4 is 9.84 Å². The minimum absolute atomic E-state index is 0.0578. The summed E-state index contributed by atoms with van der Waals surface area (Å²) in [4.78, 5) is 2.18. The average molecular weight is 269 g/mol. The van der Waals surface area contributed by atoms with Gasteiger partial charge in [-0.05, 0) is 24.1 Å². The van der Waals surface area contributed by atoms with Gasteiger partial charge in [0, 0.05) is 13.1 Å². The van der Waals surface area contributed by atoms with Gasteiger partial charge in [-0.2, -0.15) is 0 Å². The molecular formula is C13H19NO3S. The van der Waals surface area contributed by atoms with Crippen LogP contribution in [0.25, 0.3) is 0 Å². The van der Waals surface area contributed by atoms with Crippen LogP contribution in [0.15, 0.2) is 24.3 Å². The quantitative estimate of drug-likeness (QED) is 0.882. The molecule has 18 heavy (non-hydrogen) atoms. The summed E-state index contributed by atoms with van der Waals surface area (Å²) in [5.74, 6) is 0.578. The SMILES string of the molecule is O=S1(=O)CCCN(Cc2ccc(CO)cc2)CC1. The summed E-state index contributed by atoms with van der Waals surface area (Å²) in [6.45, 7) is 2.29. The smallest absolute Gasteiger partial charge is 0.151 e. The van der Waals surface area contributed by atoms with Crippen LogP contribution in [-0.4, -0.2) is 43.0 Å². The molecule has 0 radical (unpaired) electrons. The molecule has 2 rings (SSSR count). The molecule has 0 unspecified atom stereocenters. The van der Waals surface area contributed by atoms with E-state index in [-0.39, 0.29) is 12.4 Å². The van der Waals surface area contributed by atoms with E-state index >= 15 is 0 Å². The number of hydrogen-bond donors (Lipinski definition) is 1. The molecule has 0 spiro atoms. The number of benzene rings is 1. The maximum Gasteiger partial charge on any atom is 0.151 e. The molecule has 0 atom stereocenters. The summed E-state index contributed by atoms with van der Waals surface area (Å²) in [6, 6.07) is 7.80. The Hall–Kier alpha value is -0.910. The van der Waals surface area contributed by atoms with Crippen LogP contribution in [0.1, 0.15) is 17.5 Å². The molecule has 0 aromatic heterocycles. The van der Waals surface area contributed by atoms with Crippen LogP contribution in [0.3, 0.4) is 0 Å². The zero-order chi connectivity index (χ0) is 13.0. The van der Waals surface area contributed by atoms with E-state index in [1.165, 1.54) is 0 Å². The molecule has 100 valence electrons. The standard InChI is InChI=1S/C13H19NO3S/c15-11-13-4-2-12(3-5-13)10-14-6-1-8-18(16,17)9-7-14/h2-5,15H,1,6-11H2. The second-order valence-corrected chi connectivity index (χ2v) is 7.06. The van der Waals surface area contributed by atoms with Crippen molar-refractivity contribution in [3.05, 3.63) is 35.4 Å². The Labute approximate surface area is 108 Å². The zero-order valence-electron chi connectivity index (χ0n) is 10.4. The summed E-state index contributed by atoms with van der Waals surface area (Å²) in [5, 5.41) is 8.97. The van der Waals surface area contributed by atoms with Gasteiger partial charge in [0.2, 0.25) is 0 Å². The average Bonchev–Trinajstić information content (AvgIpc) is 2.52. The van der Waals surface area contributed by atoms with E-state index in [0.717, 1.165) is 30.6 Å². The first kappa shape index (κ1) is 13.5. The van der Waals surface area contributed by atoms with Gasteiger partial charge in [0.15, 0.2) is 9.84 Å². The third-order valence-corrected chi connectivity index (χ3v) is 4.98. The second kappa shape index (κ2) is 5.82. The zero-order valence-corrected chi connectivity index (χ0v) is 11.2. The number of nitrogens with zero attached hydrogens (tertiary/aromatic N) is 1.